The lowest BCUT2D eigenvalue weighted by Crippen LogP contribution is -2.59. The first-order chi connectivity index (χ1) is 7.03. The summed E-state index contributed by atoms with van der Waals surface area (Å²) in [6.45, 7) is 7.30. The lowest BCUT2D eigenvalue weighted by atomic mass is 9.70. The van der Waals surface area contributed by atoms with E-state index in [1.54, 1.807) is 0 Å². The maximum absolute atomic E-state index is 11.4. The lowest BCUT2D eigenvalue weighted by molar-refractivity contribution is -0.119. The van der Waals surface area contributed by atoms with Gasteiger partial charge in [-0.1, -0.05) is 27.2 Å². The highest BCUT2D eigenvalue weighted by atomic mass is 16.2. The minimum atomic E-state index is -0.0943. The molecule has 86 valence electrons. The highest BCUT2D eigenvalue weighted by Crippen LogP contribution is 2.40. The van der Waals surface area contributed by atoms with Crippen molar-refractivity contribution in [1.29, 1.82) is 0 Å². The van der Waals surface area contributed by atoms with Crippen LogP contribution in [0, 0.1) is 17.8 Å². The average molecular weight is 210 g/mol. The summed E-state index contributed by atoms with van der Waals surface area (Å²) in [6, 6.07) is 0. The summed E-state index contributed by atoms with van der Waals surface area (Å²) in [6.07, 6.45) is 3.61. The SMILES string of the molecule is CC(C)[C@@H]1CC[C@@H](C)C[C@@]12NCC(=O)N2. The number of rotatable bonds is 1. The molecule has 1 saturated heterocycles. The molecule has 1 aliphatic heterocycles. The standard InChI is InChI=1S/C12H22N2O/c1-8(2)10-5-4-9(3)6-12(10)13-7-11(15)14-12/h8-10,13H,4-7H2,1-3H3,(H,14,15)/t9-,10+,12+/m1/s1. The van der Waals surface area contributed by atoms with Gasteiger partial charge >= 0.3 is 0 Å². The fraction of sp³-hybridized carbons (Fsp3) is 0.917. The predicted molar refractivity (Wildman–Crippen MR) is 60.2 cm³/mol. The van der Waals surface area contributed by atoms with Crippen LogP contribution in [-0.2, 0) is 4.79 Å². The Morgan fingerprint density at radius 3 is 2.67 bits per heavy atom. The van der Waals surface area contributed by atoms with Crippen molar-refractivity contribution in [3.63, 3.8) is 0 Å². The fourth-order valence-corrected chi connectivity index (χ4v) is 3.34. The zero-order chi connectivity index (χ0) is 11.1. The Hall–Kier alpha value is -0.570. The molecule has 2 fully saturated rings. The first-order valence-electron chi connectivity index (χ1n) is 6.09. The number of hydrogen-bond donors (Lipinski definition) is 2. The molecule has 2 N–H and O–H groups in total. The Bertz CT molecular complexity index is 264. The van der Waals surface area contributed by atoms with Crippen LogP contribution >= 0.6 is 0 Å². The first kappa shape index (κ1) is 10.9. The van der Waals surface area contributed by atoms with Crippen molar-refractivity contribution < 1.29 is 4.79 Å². The van der Waals surface area contributed by atoms with Crippen molar-refractivity contribution in [2.24, 2.45) is 17.8 Å². The third kappa shape index (κ3) is 1.89. The number of carbonyl (C=O) groups is 1. The van der Waals surface area contributed by atoms with E-state index in [4.69, 9.17) is 0 Å². The van der Waals surface area contributed by atoms with Gasteiger partial charge in [-0.05, 0) is 30.6 Å². The Kier molecular flexibility index (Phi) is 2.75. The number of nitrogens with one attached hydrogen (secondary N) is 2. The van der Waals surface area contributed by atoms with E-state index >= 15 is 0 Å². The van der Waals surface area contributed by atoms with Crippen LogP contribution in [0.3, 0.4) is 0 Å². The van der Waals surface area contributed by atoms with Crippen molar-refractivity contribution in [3.05, 3.63) is 0 Å². The molecule has 1 saturated carbocycles. The summed E-state index contributed by atoms with van der Waals surface area (Å²) in [5.41, 5.74) is -0.0943. The normalized spacial score (nSPS) is 41.2. The van der Waals surface area contributed by atoms with Crippen LogP contribution in [0.25, 0.3) is 0 Å². The molecule has 0 aromatic rings. The van der Waals surface area contributed by atoms with Gasteiger partial charge in [0.15, 0.2) is 0 Å². The molecule has 15 heavy (non-hydrogen) atoms. The molecule has 3 atom stereocenters. The van der Waals surface area contributed by atoms with Gasteiger partial charge in [0.05, 0.1) is 12.2 Å². The molecule has 0 aromatic heterocycles. The van der Waals surface area contributed by atoms with E-state index in [0.717, 1.165) is 6.42 Å². The average Bonchev–Trinajstić information content (AvgIpc) is 2.47. The summed E-state index contributed by atoms with van der Waals surface area (Å²) in [5, 5.41) is 6.60. The van der Waals surface area contributed by atoms with E-state index in [2.05, 4.69) is 31.4 Å². The highest BCUT2D eigenvalue weighted by molar-refractivity contribution is 5.81. The van der Waals surface area contributed by atoms with Crippen LogP contribution in [0.2, 0.25) is 0 Å². The van der Waals surface area contributed by atoms with Crippen molar-refractivity contribution in [3.8, 4) is 0 Å². The molecule has 0 aromatic carbocycles. The largest absolute Gasteiger partial charge is 0.337 e. The molecular weight excluding hydrogens is 188 g/mol. The van der Waals surface area contributed by atoms with E-state index in [0.29, 0.717) is 24.3 Å². The van der Waals surface area contributed by atoms with Crippen molar-refractivity contribution in [1.82, 2.24) is 10.6 Å². The molecule has 1 amide bonds. The Morgan fingerprint density at radius 2 is 2.13 bits per heavy atom. The minimum Gasteiger partial charge on any atom is -0.337 e. The highest BCUT2D eigenvalue weighted by Gasteiger charge is 2.48. The minimum absolute atomic E-state index is 0.0943. The fourth-order valence-electron chi connectivity index (χ4n) is 3.34. The molecule has 2 aliphatic rings. The van der Waals surface area contributed by atoms with E-state index in [9.17, 15) is 4.79 Å². The summed E-state index contributed by atoms with van der Waals surface area (Å²) in [4.78, 5) is 11.4. The van der Waals surface area contributed by atoms with Crippen molar-refractivity contribution in [2.45, 2.75) is 45.7 Å². The Morgan fingerprint density at radius 1 is 1.40 bits per heavy atom. The van der Waals surface area contributed by atoms with Crippen LogP contribution in [0.15, 0.2) is 0 Å². The molecule has 0 unspecified atom stereocenters. The second-order valence-corrected chi connectivity index (χ2v) is 5.61. The number of amides is 1. The molecular formula is C12H22N2O. The Labute approximate surface area is 92.0 Å². The maximum Gasteiger partial charge on any atom is 0.235 e. The second-order valence-electron chi connectivity index (χ2n) is 5.61. The van der Waals surface area contributed by atoms with Crippen LogP contribution in [0.5, 0.6) is 0 Å². The van der Waals surface area contributed by atoms with Gasteiger partial charge in [-0.25, -0.2) is 0 Å². The molecule has 2 rings (SSSR count). The van der Waals surface area contributed by atoms with Gasteiger partial charge in [0, 0.05) is 0 Å². The zero-order valence-corrected chi connectivity index (χ0v) is 9.97. The van der Waals surface area contributed by atoms with Gasteiger partial charge in [0.25, 0.3) is 0 Å². The third-order valence-electron chi connectivity index (χ3n) is 4.01. The van der Waals surface area contributed by atoms with Crippen LogP contribution in [0.4, 0.5) is 0 Å². The van der Waals surface area contributed by atoms with Crippen LogP contribution in [-0.4, -0.2) is 18.1 Å². The third-order valence-corrected chi connectivity index (χ3v) is 4.01. The van der Waals surface area contributed by atoms with E-state index in [-0.39, 0.29) is 11.6 Å². The molecule has 3 nitrogen and oxygen atoms in total. The monoisotopic (exact) mass is 210 g/mol. The molecule has 0 radical (unpaired) electrons. The van der Waals surface area contributed by atoms with Crippen molar-refractivity contribution >= 4 is 5.91 Å². The van der Waals surface area contributed by atoms with Gasteiger partial charge in [-0.15, -0.1) is 0 Å². The molecule has 0 bridgehead atoms. The summed E-state index contributed by atoms with van der Waals surface area (Å²) in [5.74, 6) is 2.09. The van der Waals surface area contributed by atoms with E-state index < -0.39 is 0 Å². The van der Waals surface area contributed by atoms with E-state index in [1.807, 2.05) is 0 Å². The maximum atomic E-state index is 11.4. The van der Waals surface area contributed by atoms with Crippen LogP contribution in [0.1, 0.15) is 40.0 Å². The number of hydrogen-bond acceptors (Lipinski definition) is 2. The van der Waals surface area contributed by atoms with Gasteiger partial charge in [-0.2, -0.15) is 0 Å². The smallest absolute Gasteiger partial charge is 0.235 e. The molecule has 1 heterocycles. The van der Waals surface area contributed by atoms with E-state index in [1.165, 1.54) is 12.8 Å². The summed E-state index contributed by atoms with van der Waals surface area (Å²) in [7, 11) is 0. The number of carbonyl (C=O) groups excluding carboxylic acids is 1. The van der Waals surface area contributed by atoms with Gasteiger partial charge < -0.3 is 5.32 Å². The Balaban J connectivity index is 2.19. The molecule has 1 spiro atoms. The second kappa shape index (κ2) is 3.78. The topological polar surface area (TPSA) is 41.1 Å². The van der Waals surface area contributed by atoms with Gasteiger partial charge in [-0.3, -0.25) is 10.1 Å². The summed E-state index contributed by atoms with van der Waals surface area (Å²) < 4.78 is 0. The lowest BCUT2D eigenvalue weighted by Gasteiger charge is -2.45. The first-order valence-corrected chi connectivity index (χ1v) is 6.09. The van der Waals surface area contributed by atoms with Gasteiger partial charge in [0.1, 0.15) is 0 Å². The summed E-state index contributed by atoms with van der Waals surface area (Å²) >= 11 is 0. The van der Waals surface area contributed by atoms with Crippen LogP contribution < -0.4 is 10.6 Å². The quantitative estimate of drug-likeness (QED) is 0.688. The van der Waals surface area contributed by atoms with Crippen molar-refractivity contribution in [2.75, 3.05) is 6.54 Å². The van der Waals surface area contributed by atoms with Gasteiger partial charge in [0.2, 0.25) is 5.91 Å². The molecule has 1 aliphatic carbocycles. The predicted octanol–water partition coefficient (Wildman–Crippen LogP) is 1.49. The molecule has 3 heteroatoms. The zero-order valence-electron chi connectivity index (χ0n) is 9.97.